The van der Waals surface area contributed by atoms with Crippen LogP contribution >= 0.6 is 11.8 Å². The second-order valence-electron chi connectivity index (χ2n) is 7.04. The van der Waals surface area contributed by atoms with Gasteiger partial charge in [-0.15, -0.1) is 5.10 Å². The van der Waals surface area contributed by atoms with Crippen molar-refractivity contribution in [1.29, 1.82) is 0 Å². The van der Waals surface area contributed by atoms with Gasteiger partial charge in [0.2, 0.25) is 5.75 Å². The molecule has 1 aliphatic heterocycles. The van der Waals surface area contributed by atoms with Crippen molar-refractivity contribution < 1.29 is 28.9 Å². The molecule has 2 N–H and O–H groups in total. The number of aromatic hydroxyl groups is 2. The summed E-state index contributed by atoms with van der Waals surface area (Å²) in [4.78, 5) is 14.9. The predicted octanol–water partition coefficient (Wildman–Crippen LogP) is 4.21. The lowest BCUT2D eigenvalue weighted by Crippen LogP contribution is -2.28. The molecule has 0 unspecified atom stereocenters. The van der Waals surface area contributed by atoms with Gasteiger partial charge in [-0.25, -0.2) is 0 Å². The Morgan fingerprint density at radius 2 is 1.82 bits per heavy atom. The Bertz CT molecular complexity index is 1260. The van der Waals surface area contributed by atoms with Gasteiger partial charge in [-0.1, -0.05) is 18.2 Å². The molecule has 1 saturated heterocycles. The molecule has 9 nitrogen and oxygen atoms in total. The number of nitrogens with zero attached hydrogens (tertiary/aromatic N) is 3. The lowest BCUT2D eigenvalue weighted by atomic mass is 10.2. The van der Waals surface area contributed by atoms with Crippen molar-refractivity contribution in [3.63, 3.8) is 0 Å². The van der Waals surface area contributed by atoms with Crippen LogP contribution in [0.2, 0.25) is 0 Å². The fraction of sp³-hybridized carbons (Fsp3) is 0.125. The van der Waals surface area contributed by atoms with Crippen LogP contribution in [0, 0.1) is 0 Å². The molecule has 2 heterocycles. The Balaban J connectivity index is 1.65. The van der Waals surface area contributed by atoms with E-state index in [9.17, 15) is 15.0 Å². The van der Waals surface area contributed by atoms with Crippen LogP contribution in [0.5, 0.6) is 23.0 Å². The number of hydrogen-bond acceptors (Lipinski definition) is 9. The topological polar surface area (TPSA) is 117 Å². The summed E-state index contributed by atoms with van der Waals surface area (Å²) in [7, 11) is 2.86. The molecular formula is C24H21N3O6S. The third-order valence-corrected chi connectivity index (χ3v) is 5.85. The van der Waals surface area contributed by atoms with E-state index in [4.69, 9.17) is 13.9 Å². The highest BCUT2D eigenvalue weighted by atomic mass is 32.2. The third kappa shape index (κ3) is 4.91. The summed E-state index contributed by atoms with van der Waals surface area (Å²) in [5.41, 5.74) is 1.09. The van der Waals surface area contributed by atoms with Crippen LogP contribution < -0.4 is 9.47 Å². The van der Waals surface area contributed by atoms with Crippen molar-refractivity contribution in [2.24, 2.45) is 10.2 Å². The number of hydrogen-bond donors (Lipinski definition) is 2. The monoisotopic (exact) mass is 479 g/mol. The molecule has 10 heteroatoms. The summed E-state index contributed by atoms with van der Waals surface area (Å²) >= 11 is 1.14. The number of ether oxygens (including phenoxy) is 2. The van der Waals surface area contributed by atoms with Crippen molar-refractivity contribution >= 4 is 35.1 Å². The largest absolute Gasteiger partial charge is 0.507 e. The van der Waals surface area contributed by atoms with Crippen molar-refractivity contribution in [3.05, 3.63) is 76.6 Å². The van der Waals surface area contributed by atoms with E-state index in [1.165, 1.54) is 31.6 Å². The summed E-state index contributed by atoms with van der Waals surface area (Å²) in [6.45, 7) is 0.173. The van der Waals surface area contributed by atoms with Crippen LogP contribution in [0.1, 0.15) is 16.9 Å². The number of benzene rings is 2. The zero-order valence-corrected chi connectivity index (χ0v) is 19.2. The minimum atomic E-state index is -0.286. The molecule has 0 atom stereocenters. The number of phenols is 2. The van der Waals surface area contributed by atoms with Crippen LogP contribution in [0.3, 0.4) is 0 Å². The van der Waals surface area contributed by atoms with Crippen molar-refractivity contribution in [3.8, 4) is 23.0 Å². The maximum Gasteiger partial charge on any atom is 0.267 e. The van der Waals surface area contributed by atoms with Crippen LogP contribution in [-0.2, 0) is 11.3 Å². The average molecular weight is 480 g/mol. The number of rotatable bonds is 7. The van der Waals surface area contributed by atoms with Crippen LogP contribution in [0.15, 0.2) is 74.3 Å². The SMILES string of the molecule is COc1cc(/C=N/N=C2\S/C(=C\c3ccccc3O)C(=O)N2Cc2ccco2)cc(OC)c1O. The first-order chi connectivity index (χ1) is 16.5. The summed E-state index contributed by atoms with van der Waals surface area (Å²) in [5, 5.41) is 28.9. The Morgan fingerprint density at radius 3 is 2.47 bits per heavy atom. The number of para-hydroxylation sites is 1. The Hall–Kier alpha value is -4.18. The van der Waals surface area contributed by atoms with E-state index in [0.717, 1.165) is 11.8 Å². The molecule has 1 aliphatic rings. The molecule has 0 spiro atoms. The average Bonchev–Trinajstić information content (AvgIpc) is 3.45. The molecule has 1 aromatic heterocycles. The highest BCUT2D eigenvalue weighted by molar-refractivity contribution is 8.18. The van der Waals surface area contributed by atoms with Gasteiger partial charge in [0.15, 0.2) is 16.7 Å². The predicted molar refractivity (Wildman–Crippen MR) is 129 cm³/mol. The van der Waals surface area contributed by atoms with E-state index < -0.39 is 0 Å². The number of furan rings is 1. The van der Waals surface area contributed by atoms with E-state index in [2.05, 4.69) is 10.2 Å². The molecule has 0 bridgehead atoms. The maximum absolute atomic E-state index is 13.1. The summed E-state index contributed by atoms with van der Waals surface area (Å²) in [6, 6.07) is 13.4. The maximum atomic E-state index is 13.1. The highest BCUT2D eigenvalue weighted by Gasteiger charge is 2.34. The highest BCUT2D eigenvalue weighted by Crippen LogP contribution is 2.37. The van der Waals surface area contributed by atoms with Gasteiger partial charge in [-0.2, -0.15) is 5.10 Å². The first-order valence-electron chi connectivity index (χ1n) is 10.1. The molecule has 174 valence electrons. The quantitative estimate of drug-likeness (QED) is 0.296. The third-order valence-electron chi connectivity index (χ3n) is 4.86. The normalized spacial score (nSPS) is 16.2. The van der Waals surface area contributed by atoms with Crippen molar-refractivity contribution in [1.82, 2.24) is 4.90 Å². The fourth-order valence-corrected chi connectivity index (χ4v) is 4.09. The van der Waals surface area contributed by atoms with E-state index in [-0.39, 0.29) is 35.4 Å². The molecular weight excluding hydrogens is 458 g/mol. The van der Waals surface area contributed by atoms with Crippen molar-refractivity contribution in [2.75, 3.05) is 14.2 Å². The number of amides is 1. The van der Waals surface area contributed by atoms with Crippen LogP contribution in [-0.4, -0.2) is 46.6 Å². The van der Waals surface area contributed by atoms with Gasteiger partial charge in [-0.05, 0) is 48.2 Å². The number of carbonyl (C=O) groups is 1. The number of amidine groups is 1. The van der Waals surface area contributed by atoms with E-state index in [1.54, 1.807) is 54.6 Å². The molecule has 0 aliphatic carbocycles. The van der Waals surface area contributed by atoms with Gasteiger partial charge in [0.05, 0.1) is 38.1 Å². The minimum absolute atomic E-state index is 0.0691. The Kier molecular flexibility index (Phi) is 6.88. The second kappa shape index (κ2) is 10.2. The summed E-state index contributed by atoms with van der Waals surface area (Å²) < 4.78 is 15.7. The molecule has 0 radical (unpaired) electrons. The smallest absolute Gasteiger partial charge is 0.267 e. The number of thioether (sulfide) groups is 1. The van der Waals surface area contributed by atoms with Crippen LogP contribution in [0.25, 0.3) is 6.08 Å². The second-order valence-corrected chi connectivity index (χ2v) is 8.05. The summed E-state index contributed by atoms with van der Waals surface area (Å²) in [5.74, 6) is 0.708. The van der Waals surface area contributed by atoms with E-state index >= 15 is 0 Å². The van der Waals surface area contributed by atoms with E-state index in [0.29, 0.717) is 27.0 Å². The van der Waals surface area contributed by atoms with Gasteiger partial charge in [-0.3, -0.25) is 9.69 Å². The van der Waals surface area contributed by atoms with Crippen LogP contribution in [0.4, 0.5) is 0 Å². The van der Waals surface area contributed by atoms with Gasteiger partial charge in [0.25, 0.3) is 5.91 Å². The Labute approximate surface area is 199 Å². The lowest BCUT2D eigenvalue weighted by molar-refractivity contribution is -0.122. The molecule has 1 amide bonds. The number of phenolic OH excluding ortho intramolecular Hbond substituents is 2. The zero-order chi connectivity index (χ0) is 24.1. The Morgan fingerprint density at radius 1 is 1.09 bits per heavy atom. The number of methoxy groups -OCH3 is 2. The molecule has 0 saturated carbocycles. The zero-order valence-electron chi connectivity index (χ0n) is 18.3. The lowest BCUT2D eigenvalue weighted by Gasteiger charge is -2.12. The minimum Gasteiger partial charge on any atom is -0.507 e. The first-order valence-corrected chi connectivity index (χ1v) is 10.9. The molecule has 34 heavy (non-hydrogen) atoms. The standard InChI is InChI=1S/C24H21N3O6S/c1-31-19-10-15(11-20(32-2)22(19)29)13-25-26-24-27(14-17-7-5-9-33-17)23(30)21(34-24)12-16-6-3-4-8-18(16)28/h3-13,28-29H,14H2,1-2H3/b21-12-,25-13+,26-24-. The van der Waals surface area contributed by atoms with Gasteiger partial charge >= 0.3 is 0 Å². The number of carbonyl (C=O) groups excluding carboxylic acids is 1. The first kappa shape index (κ1) is 23.0. The van der Waals surface area contributed by atoms with Crippen molar-refractivity contribution in [2.45, 2.75) is 6.54 Å². The fourth-order valence-electron chi connectivity index (χ4n) is 3.16. The molecule has 3 aromatic rings. The van der Waals surface area contributed by atoms with Gasteiger partial charge < -0.3 is 24.1 Å². The molecule has 4 rings (SSSR count). The summed E-state index contributed by atoms with van der Waals surface area (Å²) in [6.07, 6.45) is 4.60. The van der Waals surface area contributed by atoms with Gasteiger partial charge in [0, 0.05) is 11.1 Å². The van der Waals surface area contributed by atoms with E-state index in [1.807, 2.05) is 0 Å². The van der Waals surface area contributed by atoms with Gasteiger partial charge in [0.1, 0.15) is 11.5 Å². The molecule has 2 aromatic carbocycles. The molecule has 1 fully saturated rings.